The van der Waals surface area contributed by atoms with Gasteiger partial charge in [-0.3, -0.25) is 0 Å². The summed E-state index contributed by atoms with van der Waals surface area (Å²) in [5.74, 6) is 0.561. The number of rotatable bonds is 10. The Bertz CT molecular complexity index is 1000. The molecule has 1 aromatic heterocycles. The van der Waals surface area contributed by atoms with Crippen molar-refractivity contribution < 1.29 is 4.79 Å². The molecule has 1 aliphatic rings. The van der Waals surface area contributed by atoms with E-state index in [1.54, 1.807) is 0 Å². The quantitative estimate of drug-likeness (QED) is 0.482. The van der Waals surface area contributed by atoms with Gasteiger partial charge in [0.25, 0.3) is 0 Å². The highest BCUT2D eigenvalue weighted by atomic mass is 16.2. The average molecular weight is 433 g/mol. The fourth-order valence-corrected chi connectivity index (χ4v) is 4.41. The molecular formula is C25H32N6O. The number of hydrogen-bond acceptors (Lipinski definition) is 4. The minimum atomic E-state index is 0.160. The van der Waals surface area contributed by atoms with E-state index in [0.717, 1.165) is 67.4 Å². The Balaban J connectivity index is 1.62. The molecule has 0 radical (unpaired) electrons. The van der Waals surface area contributed by atoms with Crippen molar-refractivity contribution in [2.45, 2.75) is 58.5 Å². The number of tetrazole rings is 1. The van der Waals surface area contributed by atoms with Gasteiger partial charge in [0.2, 0.25) is 5.82 Å². The Kier molecular flexibility index (Phi) is 7.14. The number of nitrogens with one attached hydrogen (secondary N) is 1. The summed E-state index contributed by atoms with van der Waals surface area (Å²) < 4.78 is 0. The predicted molar refractivity (Wildman–Crippen MR) is 126 cm³/mol. The molecule has 2 aromatic carbocycles. The van der Waals surface area contributed by atoms with Crippen LogP contribution in [0.2, 0.25) is 0 Å². The molecule has 1 atom stereocenters. The van der Waals surface area contributed by atoms with Gasteiger partial charge in [0.1, 0.15) is 0 Å². The van der Waals surface area contributed by atoms with Gasteiger partial charge in [0.15, 0.2) is 0 Å². The van der Waals surface area contributed by atoms with Gasteiger partial charge in [-0.1, -0.05) is 75.6 Å². The number of hydrogen-bond donors (Lipinski definition) is 1. The molecule has 7 heteroatoms. The first kappa shape index (κ1) is 22.0. The molecule has 1 unspecified atom stereocenters. The number of nitrogens with zero attached hydrogens (tertiary/aromatic N) is 5. The molecule has 3 aromatic rings. The molecule has 0 spiro atoms. The highest BCUT2D eigenvalue weighted by Gasteiger charge is 2.36. The summed E-state index contributed by atoms with van der Waals surface area (Å²) in [5, 5.41) is 14.8. The number of aromatic amines is 1. The van der Waals surface area contributed by atoms with E-state index in [2.05, 4.69) is 69.7 Å². The maximum Gasteiger partial charge on any atom is 0.320 e. The average Bonchev–Trinajstić information content (AvgIpc) is 3.46. The summed E-state index contributed by atoms with van der Waals surface area (Å²) in [6.45, 7) is 6.64. The molecule has 2 heterocycles. The van der Waals surface area contributed by atoms with E-state index in [0.29, 0.717) is 12.4 Å². The molecule has 168 valence electrons. The van der Waals surface area contributed by atoms with Crippen LogP contribution in [-0.2, 0) is 6.54 Å². The third-order valence-corrected chi connectivity index (χ3v) is 6.17. The third-order valence-electron chi connectivity index (χ3n) is 6.17. The first-order valence-electron chi connectivity index (χ1n) is 11.7. The van der Waals surface area contributed by atoms with Crippen LogP contribution in [0, 0.1) is 0 Å². The highest BCUT2D eigenvalue weighted by molar-refractivity contribution is 5.81. The van der Waals surface area contributed by atoms with Crippen molar-refractivity contribution in [3.8, 4) is 22.5 Å². The molecule has 0 aliphatic carbocycles. The van der Waals surface area contributed by atoms with Crippen molar-refractivity contribution in [3.05, 3.63) is 54.1 Å². The maximum absolute atomic E-state index is 13.2. The molecule has 2 amide bonds. The summed E-state index contributed by atoms with van der Waals surface area (Å²) in [7, 11) is 0. The summed E-state index contributed by atoms with van der Waals surface area (Å²) in [6.07, 6.45) is 5.47. The van der Waals surface area contributed by atoms with Crippen LogP contribution in [0.1, 0.15) is 51.5 Å². The Hall–Kier alpha value is -3.22. The van der Waals surface area contributed by atoms with Gasteiger partial charge in [-0.2, -0.15) is 5.21 Å². The largest absolute Gasteiger partial charge is 0.323 e. The van der Waals surface area contributed by atoms with Crippen LogP contribution in [0.3, 0.4) is 0 Å². The fraction of sp³-hybridized carbons (Fsp3) is 0.440. The third kappa shape index (κ3) is 4.82. The molecule has 1 aliphatic heterocycles. The molecule has 0 saturated carbocycles. The van der Waals surface area contributed by atoms with Crippen LogP contribution in [0.15, 0.2) is 48.5 Å². The van der Waals surface area contributed by atoms with Gasteiger partial charge in [-0.25, -0.2) is 4.79 Å². The first-order valence-corrected chi connectivity index (χ1v) is 11.7. The number of H-pyrrole nitrogens is 1. The zero-order valence-corrected chi connectivity index (χ0v) is 19.0. The van der Waals surface area contributed by atoms with E-state index in [1.165, 1.54) is 0 Å². The zero-order valence-electron chi connectivity index (χ0n) is 19.0. The number of benzene rings is 2. The van der Waals surface area contributed by atoms with Crippen LogP contribution < -0.4 is 0 Å². The van der Waals surface area contributed by atoms with E-state index in [-0.39, 0.29) is 12.1 Å². The molecule has 32 heavy (non-hydrogen) atoms. The lowest BCUT2D eigenvalue weighted by Crippen LogP contribution is -2.34. The van der Waals surface area contributed by atoms with E-state index >= 15 is 0 Å². The van der Waals surface area contributed by atoms with E-state index in [4.69, 9.17) is 0 Å². The second-order valence-electron chi connectivity index (χ2n) is 8.49. The van der Waals surface area contributed by atoms with Gasteiger partial charge in [-0.05, 0) is 40.8 Å². The lowest BCUT2D eigenvalue weighted by atomic mass is 9.96. The molecule has 1 saturated heterocycles. The Labute approximate surface area is 189 Å². The summed E-state index contributed by atoms with van der Waals surface area (Å²) in [5.41, 5.74) is 4.15. The number of carbonyl (C=O) groups excluding carboxylic acids is 1. The number of amides is 2. The smallest absolute Gasteiger partial charge is 0.320 e. The summed E-state index contributed by atoms with van der Waals surface area (Å²) in [6, 6.07) is 17.0. The first-order chi connectivity index (χ1) is 15.7. The molecular weight excluding hydrogens is 400 g/mol. The number of urea groups is 1. The Morgan fingerprint density at radius 1 is 1.03 bits per heavy atom. The minimum Gasteiger partial charge on any atom is -0.323 e. The van der Waals surface area contributed by atoms with Crippen LogP contribution in [0.4, 0.5) is 4.79 Å². The molecule has 1 N–H and O–H groups in total. The SMILES string of the molecule is CCCCC1CN(CCCC)C(=O)N1Cc1ccc(-c2ccccc2)c(-c2nn[nH]n2)c1. The van der Waals surface area contributed by atoms with Gasteiger partial charge in [0, 0.05) is 25.2 Å². The standard InChI is InChI=1S/C25H32N6O/c1-3-5-12-21-18-30(15-6-4-2)25(32)31(21)17-19-13-14-22(20-10-8-7-9-11-20)23(16-19)24-26-28-29-27-24/h7-11,13-14,16,21H,3-6,12,15,17-18H2,1-2H3,(H,26,27,28,29). The van der Waals surface area contributed by atoms with Crippen LogP contribution >= 0.6 is 0 Å². The number of unbranched alkanes of at least 4 members (excludes halogenated alkanes) is 2. The topological polar surface area (TPSA) is 78.0 Å². The lowest BCUT2D eigenvalue weighted by Gasteiger charge is -2.24. The van der Waals surface area contributed by atoms with Crippen molar-refractivity contribution in [2.75, 3.05) is 13.1 Å². The Morgan fingerprint density at radius 3 is 2.56 bits per heavy atom. The summed E-state index contributed by atoms with van der Waals surface area (Å²) >= 11 is 0. The van der Waals surface area contributed by atoms with Crippen molar-refractivity contribution in [1.29, 1.82) is 0 Å². The van der Waals surface area contributed by atoms with Crippen molar-refractivity contribution >= 4 is 6.03 Å². The lowest BCUT2D eigenvalue weighted by molar-refractivity contribution is 0.182. The highest BCUT2D eigenvalue weighted by Crippen LogP contribution is 2.32. The molecule has 1 fully saturated rings. The van der Waals surface area contributed by atoms with Crippen molar-refractivity contribution in [1.82, 2.24) is 30.4 Å². The maximum atomic E-state index is 13.2. The van der Waals surface area contributed by atoms with E-state index in [9.17, 15) is 4.79 Å². The molecule has 4 rings (SSSR count). The molecule has 7 nitrogen and oxygen atoms in total. The fourth-order valence-electron chi connectivity index (χ4n) is 4.41. The van der Waals surface area contributed by atoms with E-state index < -0.39 is 0 Å². The Morgan fingerprint density at radius 2 is 1.84 bits per heavy atom. The van der Waals surface area contributed by atoms with Crippen LogP contribution in [0.5, 0.6) is 0 Å². The van der Waals surface area contributed by atoms with Crippen molar-refractivity contribution in [2.24, 2.45) is 0 Å². The number of carbonyl (C=O) groups is 1. The summed E-state index contributed by atoms with van der Waals surface area (Å²) in [4.78, 5) is 17.3. The monoisotopic (exact) mass is 432 g/mol. The van der Waals surface area contributed by atoms with Gasteiger partial charge in [0.05, 0.1) is 6.04 Å². The van der Waals surface area contributed by atoms with Crippen LogP contribution in [-0.4, -0.2) is 55.6 Å². The zero-order chi connectivity index (χ0) is 22.3. The van der Waals surface area contributed by atoms with Crippen LogP contribution in [0.25, 0.3) is 22.5 Å². The second-order valence-corrected chi connectivity index (χ2v) is 8.49. The minimum absolute atomic E-state index is 0.160. The van der Waals surface area contributed by atoms with E-state index in [1.807, 2.05) is 23.1 Å². The van der Waals surface area contributed by atoms with Gasteiger partial charge >= 0.3 is 6.03 Å². The normalized spacial score (nSPS) is 16.2. The van der Waals surface area contributed by atoms with Gasteiger partial charge < -0.3 is 9.80 Å². The molecule has 0 bridgehead atoms. The number of aromatic nitrogens is 4. The second kappa shape index (κ2) is 10.4. The predicted octanol–water partition coefficient (Wildman–Crippen LogP) is 5.13. The van der Waals surface area contributed by atoms with Gasteiger partial charge in [-0.15, -0.1) is 10.2 Å². The van der Waals surface area contributed by atoms with Crippen molar-refractivity contribution in [3.63, 3.8) is 0 Å².